The summed E-state index contributed by atoms with van der Waals surface area (Å²) in [5.74, 6) is 1.13. The van der Waals surface area contributed by atoms with Gasteiger partial charge in [-0.3, -0.25) is 10.3 Å². The van der Waals surface area contributed by atoms with Crippen LogP contribution in [0.25, 0.3) is 5.65 Å². The van der Waals surface area contributed by atoms with E-state index in [1.54, 1.807) is 51.4 Å². The molecule has 11 nitrogen and oxygen atoms in total. The summed E-state index contributed by atoms with van der Waals surface area (Å²) < 4.78 is 24.3. The van der Waals surface area contributed by atoms with Gasteiger partial charge in [0.25, 0.3) is 0 Å². The van der Waals surface area contributed by atoms with Gasteiger partial charge in [-0.25, -0.2) is 9.59 Å². The number of nitrogens with one attached hydrogen (secondary N) is 1. The lowest BCUT2D eigenvalue weighted by Gasteiger charge is -2.43. The second-order valence-corrected chi connectivity index (χ2v) is 12.7. The van der Waals surface area contributed by atoms with E-state index in [4.69, 9.17) is 18.9 Å². The van der Waals surface area contributed by atoms with Crippen LogP contribution < -0.4 is 10.1 Å². The standard InChI is InChI=1S/C27H34BrN5O6/c1-25(2,3)21-20(28)22-31-19(37-17-9-8-10-29-14-17)11-18(33(22)32-21)30-23(34)36-15-16-12-27(7,13-16)39-24(35)38-26(4,5)6/h8-11,14,16H,12-13,15H2,1-7H3,(H,30,34). The molecule has 0 atom stereocenters. The first-order valence-electron chi connectivity index (χ1n) is 12.7. The Morgan fingerprint density at radius 3 is 2.54 bits per heavy atom. The summed E-state index contributed by atoms with van der Waals surface area (Å²) >= 11 is 3.62. The molecule has 3 heterocycles. The smallest absolute Gasteiger partial charge is 0.449 e. The molecule has 0 bridgehead atoms. The molecule has 0 radical (unpaired) electrons. The number of halogens is 1. The third-order valence-electron chi connectivity index (χ3n) is 5.92. The Bertz CT molecular complexity index is 1360. The van der Waals surface area contributed by atoms with Crippen molar-refractivity contribution in [2.24, 2.45) is 5.92 Å². The van der Waals surface area contributed by atoms with Gasteiger partial charge in [0.2, 0.25) is 5.88 Å². The van der Waals surface area contributed by atoms with Crippen molar-refractivity contribution in [3.63, 3.8) is 0 Å². The number of hydrogen-bond acceptors (Lipinski definition) is 9. The first-order chi connectivity index (χ1) is 18.1. The van der Waals surface area contributed by atoms with Crippen molar-refractivity contribution in [1.29, 1.82) is 0 Å². The molecule has 0 spiro atoms. The Labute approximate surface area is 235 Å². The Kier molecular flexibility index (Phi) is 7.79. The maximum absolute atomic E-state index is 12.8. The summed E-state index contributed by atoms with van der Waals surface area (Å²) in [5, 5.41) is 7.45. The summed E-state index contributed by atoms with van der Waals surface area (Å²) in [6.07, 6.45) is 2.97. The van der Waals surface area contributed by atoms with Crippen molar-refractivity contribution in [3.8, 4) is 11.6 Å². The lowest BCUT2D eigenvalue weighted by molar-refractivity contribution is -0.118. The maximum Gasteiger partial charge on any atom is 0.509 e. The van der Waals surface area contributed by atoms with Gasteiger partial charge in [0.05, 0.1) is 23.0 Å². The number of pyridine rings is 1. The second-order valence-electron chi connectivity index (χ2n) is 11.9. The van der Waals surface area contributed by atoms with Crippen LogP contribution in [-0.4, -0.2) is 49.6 Å². The van der Waals surface area contributed by atoms with Crippen LogP contribution in [0.2, 0.25) is 0 Å². The molecule has 1 amide bonds. The highest BCUT2D eigenvalue weighted by Gasteiger charge is 2.45. The van der Waals surface area contributed by atoms with Gasteiger partial charge >= 0.3 is 12.2 Å². The molecule has 1 aliphatic rings. The Hall–Kier alpha value is -3.41. The van der Waals surface area contributed by atoms with Gasteiger partial charge in [-0.15, -0.1) is 0 Å². The molecule has 1 fully saturated rings. The predicted octanol–water partition coefficient (Wildman–Crippen LogP) is 6.65. The molecular formula is C27H34BrN5O6. The van der Waals surface area contributed by atoms with Crippen molar-refractivity contribution in [2.75, 3.05) is 11.9 Å². The third-order valence-corrected chi connectivity index (χ3v) is 6.65. The van der Waals surface area contributed by atoms with Gasteiger partial charge in [-0.05, 0) is 68.6 Å². The van der Waals surface area contributed by atoms with Crippen molar-refractivity contribution in [2.45, 2.75) is 77.9 Å². The van der Waals surface area contributed by atoms with E-state index < -0.39 is 23.5 Å². The average molecular weight is 605 g/mol. The van der Waals surface area contributed by atoms with E-state index in [1.807, 2.05) is 27.7 Å². The number of aromatic nitrogens is 4. The van der Waals surface area contributed by atoms with Crippen LogP contribution >= 0.6 is 15.9 Å². The van der Waals surface area contributed by atoms with E-state index in [0.717, 1.165) is 5.69 Å². The summed E-state index contributed by atoms with van der Waals surface area (Å²) in [4.78, 5) is 33.5. The first kappa shape index (κ1) is 28.6. The van der Waals surface area contributed by atoms with Crippen LogP contribution in [0.15, 0.2) is 35.1 Å². The summed E-state index contributed by atoms with van der Waals surface area (Å²) in [7, 11) is 0. The van der Waals surface area contributed by atoms with Crippen molar-refractivity contribution in [1.82, 2.24) is 19.6 Å². The average Bonchev–Trinajstić information content (AvgIpc) is 3.13. The zero-order chi connectivity index (χ0) is 28.6. The number of ether oxygens (including phenoxy) is 4. The molecule has 3 aromatic heterocycles. The molecule has 0 aliphatic heterocycles. The molecule has 12 heteroatoms. The summed E-state index contributed by atoms with van der Waals surface area (Å²) in [6, 6.07) is 5.08. The first-order valence-corrected chi connectivity index (χ1v) is 13.4. The van der Waals surface area contributed by atoms with E-state index in [0.29, 0.717) is 34.5 Å². The number of anilines is 1. The minimum atomic E-state index is -0.701. The molecular weight excluding hydrogens is 570 g/mol. The number of rotatable bonds is 6. The van der Waals surface area contributed by atoms with Crippen LogP contribution in [0.3, 0.4) is 0 Å². The molecule has 0 aromatic carbocycles. The third kappa shape index (κ3) is 7.17. The number of carbonyl (C=O) groups excluding carboxylic acids is 2. The van der Waals surface area contributed by atoms with Crippen LogP contribution in [0.5, 0.6) is 11.6 Å². The van der Waals surface area contributed by atoms with E-state index >= 15 is 0 Å². The van der Waals surface area contributed by atoms with Crippen LogP contribution in [-0.2, 0) is 19.6 Å². The molecule has 0 unspecified atom stereocenters. The Balaban J connectivity index is 1.44. The van der Waals surface area contributed by atoms with Gasteiger partial charge in [-0.1, -0.05) is 20.8 Å². The number of fused-ring (bicyclic) bond motifs is 1. The van der Waals surface area contributed by atoms with E-state index in [9.17, 15) is 9.59 Å². The molecule has 39 heavy (non-hydrogen) atoms. The zero-order valence-electron chi connectivity index (χ0n) is 23.2. The largest absolute Gasteiger partial charge is 0.509 e. The molecule has 1 N–H and O–H groups in total. The topological polar surface area (TPSA) is 126 Å². The molecule has 1 aliphatic carbocycles. The highest BCUT2D eigenvalue weighted by Crippen LogP contribution is 2.41. The predicted molar refractivity (Wildman–Crippen MR) is 147 cm³/mol. The fraction of sp³-hybridized carbons (Fsp3) is 0.519. The fourth-order valence-electron chi connectivity index (χ4n) is 4.29. The number of nitrogens with zero attached hydrogens (tertiary/aromatic N) is 4. The van der Waals surface area contributed by atoms with Gasteiger partial charge < -0.3 is 18.9 Å². The lowest BCUT2D eigenvalue weighted by atomic mass is 9.72. The number of amides is 1. The molecule has 3 aromatic rings. The highest BCUT2D eigenvalue weighted by atomic mass is 79.9. The van der Waals surface area contributed by atoms with Crippen LogP contribution in [0, 0.1) is 5.92 Å². The monoisotopic (exact) mass is 603 g/mol. The van der Waals surface area contributed by atoms with Crippen molar-refractivity contribution in [3.05, 3.63) is 40.8 Å². The van der Waals surface area contributed by atoms with E-state index in [-0.39, 0.29) is 23.8 Å². The fourth-order valence-corrected chi connectivity index (χ4v) is 5.22. The molecule has 4 rings (SSSR count). The van der Waals surface area contributed by atoms with Crippen LogP contribution in [0.1, 0.15) is 67.0 Å². The normalized spacial score (nSPS) is 19.2. The Morgan fingerprint density at radius 2 is 1.92 bits per heavy atom. The molecule has 0 saturated heterocycles. The minimum Gasteiger partial charge on any atom is -0.449 e. The van der Waals surface area contributed by atoms with E-state index in [1.165, 1.54) is 4.52 Å². The van der Waals surface area contributed by atoms with Crippen molar-refractivity contribution >= 4 is 39.6 Å². The summed E-state index contributed by atoms with van der Waals surface area (Å²) in [6.45, 7) is 13.5. The number of hydrogen-bond donors (Lipinski definition) is 1. The quantitative estimate of drug-likeness (QED) is 0.308. The van der Waals surface area contributed by atoms with Crippen molar-refractivity contribution < 1.29 is 28.5 Å². The SMILES string of the molecule is CC(C)(C)OC(=O)OC1(C)CC(COC(=O)Nc2cc(Oc3cccnc3)nc3c(Br)c(C(C)(C)C)nn23)C1. The highest BCUT2D eigenvalue weighted by molar-refractivity contribution is 9.10. The second kappa shape index (κ2) is 10.6. The minimum absolute atomic E-state index is 0.0523. The lowest BCUT2D eigenvalue weighted by Crippen LogP contribution is -2.47. The van der Waals surface area contributed by atoms with Gasteiger partial charge in [0.15, 0.2) is 5.65 Å². The Morgan fingerprint density at radius 1 is 1.21 bits per heavy atom. The maximum atomic E-state index is 12.8. The van der Waals surface area contributed by atoms with Gasteiger partial charge in [0, 0.05) is 23.6 Å². The summed E-state index contributed by atoms with van der Waals surface area (Å²) in [5.41, 5.74) is -0.314. The molecule has 210 valence electrons. The van der Waals surface area contributed by atoms with Crippen LogP contribution in [0.4, 0.5) is 15.4 Å². The van der Waals surface area contributed by atoms with E-state index in [2.05, 4.69) is 36.3 Å². The van der Waals surface area contributed by atoms with Gasteiger partial charge in [-0.2, -0.15) is 14.6 Å². The van der Waals surface area contributed by atoms with Gasteiger partial charge in [0.1, 0.15) is 22.8 Å². The zero-order valence-corrected chi connectivity index (χ0v) is 24.8. The number of carbonyl (C=O) groups is 2. The molecule has 1 saturated carbocycles.